The molecule has 3 unspecified atom stereocenters. The van der Waals surface area contributed by atoms with E-state index in [0.717, 1.165) is 24.2 Å². The molecule has 60 heavy (non-hydrogen) atoms. The smallest absolute Gasteiger partial charge is 0.412 e. The minimum Gasteiger partial charge on any atom is -0.415 e. The maximum Gasteiger partial charge on any atom is 0.412 e. The molecule has 6 rings (SSSR count). The van der Waals surface area contributed by atoms with Crippen molar-refractivity contribution >= 4 is 47.3 Å². The van der Waals surface area contributed by atoms with Gasteiger partial charge in [0.1, 0.15) is 23.7 Å². The van der Waals surface area contributed by atoms with E-state index in [1.807, 2.05) is 88.5 Å². The number of ether oxygens (including phenoxy) is 2. The Morgan fingerprint density at radius 2 is 1.58 bits per heavy atom. The molecule has 3 fully saturated rings. The van der Waals surface area contributed by atoms with Gasteiger partial charge < -0.3 is 45.4 Å². The Kier molecular flexibility index (Phi) is 14.9. The van der Waals surface area contributed by atoms with E-state index in [2.05, 4.69) is 26.2 Å². The third-order valence-corrected chi connectivity index (χ3v) is 12.4. The first kappa shape index (κ1) is 44.6. The number of thioether (sulfide) groups is 1. The van der Waals surface area contributed by atoms with Crippen LogP contribution in [0.4, 0.5) is 4.79 Å². The van der Waals surface area contributed by atoms with Gasteiger partial charge in [-0.15, -0.1) is 0 Å². The molecule has 4 heterocycles. The van der Waals surface area contributed by atoms with E-state index >= 15 is 0 Å². The van der Waals surface area contributed by atoms with Crippen molar-refractivity contribution in [2.24, 2.45) is 5.92 Å². The van der Waals surface area contributed by atoms with Gasteiger partial charge in [-0.2, -0.15) is 0 Å². The Morgan fingerprint density at radius 3 is 2.22 bits per heavy atom. The Hall–Kier alpha value is -4.93. The van der Waals surface area contributed by atoms with E-state index in [4.69, 9.17) is 9.47 Å². The van der Waals surface area contributed by atoms with Crippen LogP contribution in [0.2, 0.25) is 0 Å². The summed E-state index contributed by atoms with van der Waals surface area (Å²) in [5.74, 6) is -1.87. The average Bonchev–Trinajstić information content (AvgIpc) is 3.73. The van der Waals surface area contributed by atoms with Crippen molar-refractivity contribution in [3.8, 4) is 0 Å². The summed E-state index contributed by atoms with van der Waals surface area (Å²) in [4.78, 5) is 88.4. The third-order valence-electron chi connectivity index (χ3n) is 11.4. The molecule has 2 aromatic rings. The van der Waals surface area contributed by atoms with Gasteiger partial charge in [0.2, 0.25) is 29.2 Å². The Balaban J connectivity index is 1.11. The lowest BCUT2D eigenvalue weighted by molar-refractivity contribution is -0.142. The highest BCUT2D eigenvalue weighted by Gasteiger charge is 2.51. The van der Waals surface area contributed by atoms with E-state index in [0.29, 0.717) is 37.4 Å². The van der Waals surface area contributed by atoms with Crippen LogP contribution in [-0.4, -0.2) is 131 Å². The highest BCUT2D eigenvalue weighted by Crippen LogP contribution is 2.31. The van der Waals surface area contributed by atoms with Gasteiger partial charge in [0.15, 0.2) is 5.78 Å². The molecule has 4 N–H and O–H groups in total. The van der Waals surface area contributed by atoms with Gasteiger partial charge in [0.05, 0.1) is 19.1 Å². The lowest BCUT2D eigenvalue weighted by Crippen LogP contribution is -2.57. The number of hydrogen-bond acceptors (Lipinski definition) is 11. The van der Waals surface area contributed by atoms with Crippen molar-refractivity contribution < 1.29 is 38.2 Å². The van der Waals surface area contributed by atoms with E-state index in [1.165, 1.54) is 16.7 Å². The number of piperazine rings is 1. The SMILES string of the molecule is CC(C)C[C@H](NC(=O)[C@H](Cc1ccccc1)N1C(=O)[C@@H](NC(=O)[C@H](CCc2ccccc2)NC(=O)CC2=CNC(OC(=O)N3CCN(C)CC3)S2)CC1C)C(=O)C1(C)CO1. The quantitative estimate of drug-likeness (QED) is 0.162. The number of benzene rings is 2. The molecule has 324 valence electrons. The van der Waals surface area contributed by atoms with E-state index in [9.17, 15) is 28.8 Å². The Labute approximate surface area is 356 Å². The topological polar surface area (TPSA) is 182 Å². The predicted molar refractivity (Wildman–Crippen MR) is 227 cm³/mol. The summed E-state index contributed by atoms with van der Waals surface area (Å²) in [7, 11) is 2.00. The number of likely N-dealkylation sites (tertiary alicyclic amines) is 1. The number of aryl methyl sites for hydroxylation is 1. The van der Waals surface area contributed by atoms with Crippen molar-refractivity contribution in [2.75, 3.05) is 39.8 Å². The van der Waals surface area contributed by atoms with Crippen LogP contribution < -0.4 is 21.3 Å². The fraction of sp³-hybridized carbons (Fsp3) is 0.545. The minimum atomic E-state index is -0.974. The van der Waals surface area contributed by atoms with Crippen LogP contribution in [0, 0.1) is 5.92 Å². The van der Waals surface area contributed by atoms with Gasteiger partial charge in [-0.3, -0.25) is 24.0 Å². The van der Waals surface area contributed by atoms with Crippen LogP contribution in [0.5, 0.6) is 0 Å². The molecule has 4 aliphatic rings. The molecule has 0 radical (unpaired) electrons. The standard InChI is InChI=1S/C44H59N7O8S/c1-28(2)22-34(38(53)44(4)27-58-44)47-40(55)36(24-31-14-10-7-11-15-31)51-29(3)23-35(41(51)56)48-39(54)33(17-16-30-12-8-6-9-13-30)46-37(52)25-32-26-45-42(60-32)59-43(57)50-20-18-49(5)19-21-50/h6-15,26,28-29,33-36,42,45H,16-25,27H2,1-5H3,(H,46,52)(H,47,55)(H,48,54)/t29?,33-,34-,35-,36-,42?,44?/m0/s1. The van der Waals surface area contributed by atoms with Crippen LogP contribution >= 0.6 is 11.8 Å². The summed E-state index contributed by atoms with van der Waals surface area (Å²) in [6, 6.07) is 14.9. The number of carbonyl (C=O) groups excluding carboxylic acids is 6. The van der Waals surface area contributed by atoms with Gasteiger partial charge >= 0.3 is 6.09 Å². The first-order chi connectivity index (χ1) is 28.7. The number of nitrogens with zero attached hydrogens (tertiary/aromatic N) is 3. The molecular weight excluding hydrogens is 787 g/mol. The second kappa shape index (κ2) is 20.1. The van der Waals surface area contributed by atoms with Gasteiger partial charge in [0, 0.05) is 49.7 Å². The first-order valence-electron chi connectivity index (χ1n) is 20.9. The molecule has 16 heteroatoms. The predicted octanol–water partition coefficient (Wildman–Crippen LogP) is 2.95. The van der Waals surface area contributed by atoms with Crippen molar-refractivity contribution in [3.63, 3.8) is 0 Å². The normalized spacial score (nSPS) is 24.2. The van der Waals surface area contributed by atoms with Gasteiger partial charge in [0.25, 0.3) is 0 Å². The summed E-state index contributed by atoms with van der Waals surface area (Å²) in [5, 5.41) is 11.8. The fourth-order valence-corrected chi connectivity index (χ4v) is 8.74. The zero-order chi connectivity index (χ0) is 43.0. The summed E-state index contributed by atoms with van der Waals surface area (Å²) >= 11 is 1.22. The molecule has 0 bridgehead atoms. The number of epoxide rings is 1. The largest absolute Gasteiger partial charge is 0.415 e. The lowest BCUT2D eigenvalue weighted by atomic mass is 9.92. The molecule has 3 saturated heterocycles. The molecule has 2 aromatic carbocycles. The Morgan fingerprint density at radius 1 is 0.933 bits per heavy atom. The molecule has 5 amide bonds. The molecular formula is C44H59N7O8S. The number of likely N-dealkylation sites (N-methyl/N-ethyl adjacent to an activating group) is 1. The second-order valence-electron chi connectivity index (χ2n) is 16.9. The van der Waals surface area contributed by atoms with Crippen molar-refractivity contribution in [2.45, 2.75) is 108 Å². The molecule has 4 aliphatic heterocycles. The maximum absolute atomic E-state index is 14.3. The van der Waals surface area contributed by atoms with Crippen LogP contribution in [0.15, 0.2) is 71.8 Å². The van der Waals surface area contributed by atoms with E-state index in [-0.39, 0.29) is 37.4 Å². The molecule has 0 aromatic heterocycles. The first-order valence-corrected chi connectivity index (χ1v) is 21.8. The number of hydrogen-bond donors (Lipinski definition) is 4. The monoisotopic (exact) mass is 845 g/mol. The van der Waals surface area contributed by atoms with Crippen molar-refractivity contribution in [1.29, 1.82) is 0 Å². The zero-order valence-electron chi connectivity index (χ0n) is 35.2. The number of amides is 5. The summed E-state index contributed by atoms with van der Waals surface area (Å²) in [6.45, 7) is 10.5. The molecule has 15 nitrogen and oxygen atoms in total. The highest BCUT2D eigenvalue weighted by molar-refractivity contribution is 8.03. The summed E-state index contributed by atoms with van der Waals surface area (Å²) in [5.41, 5.74) is 0.200. The lowest BCUT2D eigenvalue weighted by Gasteiger charge is -2.33. The number of nitrogens with one attached hydrogen (secondary N) is 4. The zero-order valence-corrected chi connectivity index (χ0v) is 36.0. The number of Topliss-reactive ketones (excluding diaryl/α,β-unsaturated/α-hetero) is 1. The third kappa shape index (κ3) is 11.9. The molecule has 7 atom stereocenters. The van der Waals surface area contributed by atoms with Crippen LogP contribution in [-0.2, 0) is 46.3 Å². The fourth-order valence-electron chi connectivity index (χ4n) is 7.85. The number of rotatable bonds is 18. The van der Waals surface area contributed by atoms with Crippen LogP contribution in [0.3, 0.4) is 0 Å². The van der Waals surface area contributed by atoms with E-state index < -0.39 is 71.1 Å². The van der Waals surface area contributed by atoms with E-state index in [1.54, 1.807) is 18.0 Å². The molecule has 0 saturated carbocycles. The summed E-state index contributed by atoms with van der Waals surface area (Å²) < 4.78 is 11.1. The van der Waals surface area contributed by atoms with Crippen LogP contribution in [0.1, 0.15) is 64.5 Å². The average molecular weight is 846 g/mol. The van der Waals surface area contributed by atoms with Crippen molar-refractivity contribution in [3.05, 3.63) is 82.9 Å². The van der Waals surface area contributed by atoms with Crippen LogP contribution in [0.25, 0.3) is 0 Å². The Bertz CT molecular complexity index is 1890. The van der Waals surface area contributed by atoms with Gasteiger partial charge in [-0.05, 0) is 63.6 Å². The van der Waals surface area contributed by atoms with Gasteiger partial charge in [-0.25, -0.2) is 4.79 Å². The maximum atomic E-state index is 14.3. The van der Waals surface area contributed by atoms with Gasteiger partial charge in [-0.1, -0.05) is 86.3 Å². The minimum absolute atomic E-state index is 0.0512. The molecule has 0 aliphatic carbocycles. The summed E-state index contributed by atoms with van der Waals surface area (Å²) in [6.07, 6.45) is 2.78. The number of carbonyl (C=O) groups is 6. The second-order valence-corrected chi connectivity index (χ2v) is 18.1. The highest BCUT2D eigenvalue weighted by atomic mass is 32.2. The molecule has 0 spiro atoms. The number of ketones is 1. The van der Waals surface area contributed by atoms with Crippen molar-refractivity contribution in [1.82, 2.24) is 36.0 Å².